The quantitative estimate of drug-likeness (QED) is 0.567. The van der Waals surface area contributed by atoms with E-state index in [1.165, 1.54) is 6.07 Å². The Morgan fingerprint density at radius 2 is 2.29 bits per heavy atom. The summed E-state index contributed by atoms with van der Waals surface area (Å²) in [6, 6.07) is 1.26. The highest BCUT2D eigenvalue weighted by Gasteiger charge is 2.31. The van der Waals surface area contributed by atoms with E-state index < -0.39 is 5.82 Å². The van der Waals surface area contributed by atoms with Crippen LogP contribution < -0.4 is 11.1 Å². The molecule has 74 valence electrons. The molecule has 0 bridgehead atoms. The second-order valence-electron chi connectivity index (χ2n) is 3.24. The van der Waals surface area contributed by atoms with E-state index in [0.717, 1.165) is 9.13 Å². The Kier molecular flexibility index (Phi) is 2.13. The van der Waals surface area contributed by atoms with Gasteiger partial charge < -0.3 is 11.1 Å². The topological polar surface area (TPSA) is 55.1 Å². The van der Waals surface area contributed by atoms with Crippen LogP contribution in [0.3, 0.4) is 0 Å². The van der Waals surface area contributed by atoms with Gasteiger partial charge in [-0.1, -0.05) is 0 Å². The summed E-state index contributed by atoms with van der Waals surface area (Å²) >= 11 is 2.01. The van der Waals surface area contributed by atoms with Gasteiger partial charge in [0, 0.05) is 9.13 Å². The monoisotopic (exact) mass is 306 g/mol. The van der Waals surface area contributed by atoms with Gasteiger partial charge in [-0.05, 0) is 35.6 Å². The molecule has 1 heterocycles. The van der Waals surface area contributed by atoms with Crippen LogP contribution in [0.1, 0.15) is 28.9 Å². The normalized spacial score (nSPS) is 19.4. The van der Waals surface area contributed by atoms with Gasteiger partial charge in [0.2, 0.25) is 0 Å². The number of halogens is 2. The second kappa shape index (κ2) is 3.08. The molecule has 0 radical (unpaired) electrons. The molecule has 0 unspecified atom stereocenters. The highest BCUT2D eigenvalue weighted by molar-refractivity contribution is 14.1. The number of fused-ring (bicyclic) bond motifs is 1. The van der Waals surface area contributed by atoms with Gasteiger partial charge in [-0.25, -0.2) is 4.39 Å². The van der Waals surface area contributed by atoms with Gasteiger partial charge in [0.25, 0.3) is 5.91 Å². The van der Waals surface area contributed by atoms with Crippen LogP contribution in [0.2, 0.25) is 0 Å². The van der Waals surface area contributed by atoms with Crippen LogP contribution in [0.15, 0.2) is 6.07 Å². The lowest BCUT2D eigenvalue weighted by Gasteiger charge is -2.07. The first-order chi connectivity index (χ1) is 6.52. The molecular weight excluding hydrogens is 298 g/mol. The summed E-state index contributed by atoms with van der Waals surface area (Å²) in [4.78, 5) is 11.4. The average Bonchev–Trinajstić information content (AvgIpc) is 2.38. The molecule has 1 aromatic rings. The van der Waals surface area contributed by atoms with Crippen LogP contribution in [0.25, 0.3) is 0 Å². The van der Waals surface area contributed by atoms with E-state index in [0.29, 0.717) is 5.56 Å². The minimum atomic E-state index is -0.530. The maximum Gasteiger partial charge on any atom is 0.254 e. The summed E-state index contributed by atoms with van der Waals surface area (Å²) in [6.07, 6.45) is 0. The van der Waals surface area contributed by atoms with E-state index in [4.69, 9.17) is 5.73 Å². The Labute approximate surface area is 94.0 Å². The fourth-order valence-corrected chi connectivity index (χ4v) is 2.67. The van der Waals surface area contributed by atoms with Gasteiger partial charge in [-0.15, -0.1) is 0 Å². The van der Waals surface area contributed by atoms with Crippen molar-refractivity contribution >= 4 is 34.2 Å². The number of hydrogen-bond donors (Lipinski definition) is 2. The van der Waals surface area contributed by atoms with Crippen LogP contribution >= 0.6 is 22.6 Å². The number of benzene rings is 1. The Morgan fingerprint density at radius 1 is 1.64 bits per heavy atom. The largest absolute Gasteiger partial charge is 0.396 e. The number of amides is 1. The Bertz CT molecular complexity index is 433. The van der Waals surface area contributed by atoms with Crippen molar-refractivity contribution in [3.05, 3.63) is 26.6 Å². The summed E-state index contributed by atoms with van der Waals surface area (Å²) in [7, 11) is 0. The number of hydrogen-bond acceptors (Lipinski definition) is 2. The predicted octanol–water partition coefficient (Wildman–Crippen LogP) is 1.82. The molecule has 2 rings (SSSR count). The average molecular weight is 306 g/mol. The SMILES string of the molecule is C[C@H]1NC(=O)c2c(N)c(F)cc(I)c21. The fraction of sp³-hybridized carbons (Fsp3) is 0.222. The molecule has 3 N–H and O–H groups in total. The maximum atomic E-state index is 13.2. The molecule has 0 spiro atoms. The molecule has 0 aliphatic carbocycles. The minimum Gasteiger partial charge on any atom is -0.396 e. The first-order valence-electron chi connectivity index (χ1n) is 4.10. The molecule has 0 fully saturated rings. The molecule has 0 saturated carbocycles. The van der Waals surface area contributed by atoms with Crippen molar-refractivity contribution in [2.75, 3.05) is 5.73 Å². The Morgan fingerprint density at radius 3 is 2.93 bits per heavy atom. The van der Waals surface area contributed by atoms with Gasteiger partial charge in [-0.2, -0.15) is 0 Å². The number of anilines is 1. The zero-order valence-electron chi connectivity index (χ0n) is 7.40. The molecular formula is C9H8FIN2O. The van der Waals surface area contributed by atoms with Crippen molar-refractivity contribution in [3.63, 3.8) is 0 Å². The highest BCUT2D eigenvalue weighted by Crippen LogP contribution is 2.34. The summed E-state index contributed by atoms with van der Waals surface area (Å²) in [6.45, 7) is 1.85. The predicted molar refractivity (Wildman–Crippen MR) is 59.4 cm³/mol. The number of nitrogens with two attached hydrogens (primary N) is 1. The Hall–Kier alpha value is -0.850. The van der Waals surface area contributed by atoms with Crippen LogP contribution in [0.5, 0.6) is 0 Å². The number of carbonyl (C=O) groups excluding carboxylic acids is 1. The van der Waals surface area contributed by atoms with E-state index in [1.807, 2.05) is 29.5 Å². The summed E-state index contributed by atoms with van der Waals surface area (Å²) in [5.74, 6) is -0.820. The zero-order valence-corrected chi connectivity index (χ0v) is 9.55. The van der Waals surface area contributed by atoms with Crippen LogP contribution in [-0.2, 0) is 0 Å². The minimum absolute atomic E-state index is 0.0535. The van der Waals surface area contributed by atoms with Crippen molar-refractivity contribution in [3.8, 4) is 0 Å². The Balaban J connectivity index is 2.79. The van der Waals surface area contributed by atoms with Gasteiger partial charge in [-0.3, -0.25) is 4.79 Å². The van der Waals surface area contributed by atoms with E-state index in [2.05, 4.69) is 5.32 Å². The van der Waals surface area contributed by atoms with Gasteiger partial charge in [0.15, 0.2) is 0 Å². The lowest BCUT2D eigenvalue weighted by Crippen LogP contribution is -2.17. The standard InChI is InChI=1S/C9H8FIN2O/c1-3-6-5(11)2-4(10)8(12)7(6)9(14)13-3/h2-3H,12H2,1H3,(H,13,14)/t3-/m1/s1. The number of rotatable bonds is 0. The smallest absolute Gasteiger partial charge is 0.254 e. The first-order valence-corrected chi connectivity index (χ1v) is 5.18. The van der Waals surface area contributed by atoms with Crippen molar-refractivity contribution in [1.82, 2.24) is 5.32 Å². The molecule has 0 aromatic heterocycles. The molecule has 0 saturated heterocycles. The van der Waals surface area contributed by atoms with Crippen LogP contribution in [0.4, 0.5) is 10.1 Å². The molecule has 1 atom stereocenters. The third-order valence-corrected chi connectivity index (χ3v) is 3.21. The molecule has 1 aromatic carbocycles. The molecule has 1 amide bonds. The number of nitrogen functional groups attached to an aromatic ring is 1. The molecule has 14 heavy (non-hydrogen) atoms. The third kappa shape index (κ3) is 1.18. The van der Waals surface area contributed by atoms with E-state index in [1.54, 1.807) is 0 Å². The highest BCUT2D eigenvalue weighted by atomic mass is 127. The van der Waals surface area contributed by atoms with Gasteiger partial charge >= 0.3 is 0 Å². The molecule has 3 nitrogen and oxygen atoms in total. The molecule has 1 aliphatic rings. The third-order valence-electron chi connectivity index (χ3n) is 2.31. The molecule has 1 aliphatic heterocycles. The van der Waals surface area contributed by atoms with Crippen LogP contribution in [-0.4, -0.2) is 5.91 Å². The number of nitrogens with one attached hydrogen (secondary N) is 1. The summed E-state index contributed by atoms with van der Waals surface area (Å²) < 4.78 is 14.0. The van der Waals surface area contributed by atoms with Crippen LogP contribution in [0, 0.1) is 9.39 Å². The van der Waals surface area contributed by atoms with Gasteiger partial charge in [0.05, 0.1) is 17.3 Å². The summed E-state index contributed by atoms with van der Waals surface area (Å²) in [5.41, 5.74) is 6.56. The molecule has 5 heteroatoms. The lowest BCUT2D eigenvalue weighted by atomic mass is 10.0. The maximum absolute atomic E-state index is 13.2. The van der Waals surface area contributed by atoms with E-state index in [-0.39, 0.29) is 17.6 Å². The zero-order chi connectivity index (χ0) is 10.5. The van der Waals surface area contributed by atoms with Crippen molar-refractivity contribution in [2.24, 2.45) is 0 Å². The fourth-order valence-electron chi connectivity index (χ4n) is 1.66. The second-order valence-corrected chi connectivity index (χ2v) is 4.40. The van der Waals surface area contributed by atoms with Crippen molar-refractivity contribution in [2.45, 2.75) is 13.0 Å². The lowest BCUT2D eigenvalue weighted by molar-refractivity contribution is 0.0959. The van der Waals surface area contributed by atoms with Crippen molar-refractivity contribution < 1.29 is 9.18 Å². The van der Waals surface area contributed by atoms with E-state index in [9.17, 15) is 9.18 Å². The summed E-state index contributed by atoms with van der Waals surface area (Å²) in [5, 5.41) is 2.70. The van der Waals surface area contributed by atoms with Crippen molar-refractivity contribution in [1.29, 1.82) is 0 Å². The van der Waals surface area contributed by atoms with Gasteiger partial charge in [0.1, 0.15) is 5.82 Å². The first kappa shape index (κ1) is 9.70. The number of carbonyl (C=O) groups is 1. The van der Waals surface area contributed by atoms with E-state index >= 15 is 0 Å².